The van der Waals surface area contributed by atoms with Gasteiger partial charge in [0.25, 0.3) is 5.69 Å². The van der Waals surface area contributed by atoms with Crippen molar-refractivity contribution in [1.82, 2.24) is 0 Å². The lowest BCUT2D eigenvalue weighted by atomic mass is 10.2. The number of nitro groups is 1. The number of non-ortho nitro benzene ring substituents is 1. The molecule has 0 N–H and O–H groups in total. The van der Waals surface area contributed by atoms with Gasteiger partial charge in [0.2, 0.25) is 0 Å². The maximum Gasteiger partial charge on any atom is 0.416 e. The Morgan fingerprint density at radius 1 is 1.27 bits per heavy atom. The molecule has 0 radical (unpaired) electrons. The van der Waals surface area contributed by atoms with Crippen LogP contribution in [0.4, 0.5) is 18.9 Å². The fourth-order valence-corrected chi connectivity index (χ4v) is 0.796. The first-order chi connectivity index (χ1) is 6.91. The van der Waals surface area contributed by atoms with Crippen LogP contribution in [0, 0.1) is 10.1 Å². The Morgan fingerprint density at radius 2 is 1.80 bits per heavy atom. The highest BCUT2D eigenvalue weighted by Crippen LogP contribution is 2.30. The van der Waals surface area contributed by atoms with E-state index in [9.17, 15) is 23.3 Å². The molecule has 0 bridgehead atoms. The van der Waals surface area contributed by atoms with Crippen molar-refractivity contribution in [3.05, 3.63) is 53.1 Å². The van der Waals surface area contributed by atoms with E-state index in [2.05, 4.69) is 13.2 Å². The van der Waals surface area contributed by atoms with Crippen LogP contribution in [0.5, 0.6) is 0 Å². The first kappa shape index (κ1) is 13.2. The molecule has 0 aliphatic heterocycles. The van der Waals surface area contributed by atoms with Crippen LogP contribution < -0.4 is 0 Å². The second-order valence-corrected chi connectivity index (χ2v) is 2.31. The van der Waals surface area contributed by atoms with E-state index in [0.29, 0.717) is 6.07 Å². The van der Waals surface area contributed by atoms with Crippen LogP contribution in [0.3, 0.4) is 0 Å². The van der Waals surface area contributed by atoms with Gasteiger partial charge in [-0.1, -0.05) is 6.07 Å². The van der Waals surface area contributed by atoms with Crippen LogP contribution in [0.15, 0.2) is 37.4 Å². The summed E-state index contributed by atoms with van der Waals surface area (Å²) < 4.78 is 36.0. The highest BCUT2D eigenvalue weighted by molar-refractivity contribution is 5.35. The number of hydrogen-bond acceptors (Lipinski definition) is 2. The zero-order valence-electron chi connectivity index (χ0n) is 7.62. The van der Waals surface area contributed by atoms with Gasteiger partial charge in [0, 0.05) is 12.1 Å². The predicted molar refractivity (Wildman–Crippen MR) is 49.4 cm³/mol. The third-order valence-electron chi connectivity index (χ3n) is 1.38. The molecule has 0 aliphatic carbocycles. The van der Waals surface area contributed by atoms with Crippen molar-refractivity contribution < 1.29 is 18.1 Å². The molecule has 0 aromatic heterocycles. The quantitative estimate of drug-likeness (QED) is 0.412. The second kappa shape index (κ2) is 5.14. The highest BCUT2D eigenvalue weighted by atomic mass is 19.4. The van der Waals surface area contributed by atoms with Gasteiger partial charge in [-0.15, -0.1) is 13.2 Å². The first-order valence-corrected chi connectivity index (χ1v) is 3.73. The number of rotatable bonds is 1. The number of halogens is 3. The lowest BCUT2D eigenvalue weighted by Gasteiger charge is -2.04. The fraction of sp³-hybridized carbons (Fsp3) is 0.111. The van der Waals surface area contributed by atoms with Crippen LogP contribution >= 0.6 is 0 Å². The van der Waals surface area contributed by atoms with E-state index in [0.717, 1.165) is 18.2 Å². The summed E-state index contributed by atoms with van der Waals surface area (Å²) in [5.41, 5.74) is -1.57. The lowest BCUT2D eigenvalue weighted by Crippen LogP contribution is -2.04. The molecule has 1 aromatic rings. The highest BCUT2D eigenvalue weighted by Gasteiger charge is 2.31. The molecule has 0 saturated carbocycles. The van der Waals surface area contributed by atoms with Crippen molar-refractivity contribution >= 4 is 5.69 Å². The molecular weight excluding hydrogens is 211 g/mol. The van der Waals surface area contributed by atoms with E-state index in [-0.39, 0.29) is 0 Å². The summed E-state index contributed by atoms with van der Waals surface area (Å²) in [7, 11) is 0. The summed E-state index contributed by atoms with van der Waals surface area (Å²) >= 11 is 0. The smallest absolute Gasteiger partial charge is 0.258 e. The van der Waals surface area contributed by atoms with E-state index >= 15 is 0 Å². The Hall–Kier alpha value is -1.85. The van der Waals surface area contributed by atoms with Crippen LogP contribution in [0.25, 0.3) is 0 Å². The Labute approximate surface area is 84.0 Å². The molecule has 15 heavy (non-hydrogen) atoms. The molecule has 0 heterocycles. The summed E-state index contributed by atoms with van der Waals surface area (Å²) in [4.78, 5) is 9.25. The van der Waals surface area contributed by atoms with Gasteiger partial charge in [-0.2, -0.15) is 13.2 Å². The van der Waals surface area contributed by atoms with Crippen LogP contribution in [0.1, 0.15) is 5.56 Å². The van der Waals surface area contributed by atoms with Crippen LogP contribution in [0.2, 0.25) is 0 Å². The molecule has 6 heteroatoms. The minimum Gasteiger partial charge on any atom is -0.258 e. The Balaban J connectivity index is 0.000000921. The zero-order chi connectivity index (χ0) is 12.1. The predicted octanol–water partition coefficient (Wildman–Crippen LogP) is 3.42. The van der Waals surface area contributed by atoms with E-state index in [4.69, 9.17) is 0 Å². The molecular formula is C9H8F3NO2. The third kappa shape index (κ3) is 3.80. The van der Waals surface area contributed by atoms with E-state index in [1.54, 1.807) is 0 Å². The standard InChI is InChI=1S/C7H4F3NO2.C2H4/c8-7(9,10)5-2-1-3-6(4-5)11(12)13;1-2/h1-4H;1-2H2. The van der Waals surface area contributed by atoms with Crippen molar-refractivity contribution in [2.75, 3.05) is 0 Å². The van der Waals surface area contributed by atoms with Gasteiger partial charge in [0.15, 0.2) is 0 Å². The molecule has 0 aliphatic rings. The number of nitro benzene ring substituents is 1. The van der Waals surface area contributed by atoms with Gasteiger partial charge in [-0.05, 0) is 6.07 Å². The summed E-state index contributed by atoms with van der Waals surface area (Å²) in [6.07, 6.45) is -4.54. The van der Waals surface area contributed by atoms with Crippen molar-refractivity contribution in [3.63, 3.8) is 0 Å². The second-order valence-electron chi connectivity index (χ2n) is 2.31. The molecule has 0 fully saturated rings. The minimum atomic E-state index is -4.54. The maximum atomic E-state index is 12.0. The molecule has 0 spiro atoms. The Bertz CT molecular complexity index is 349. The number of hydrogen-bond donors (Lipinski definition) is 0. The normalized spacial score (nSPS) is 10.1. The zero-order valence-corrected chi connectivity index (χ0v) is 7.62. The largest absolute Gasteiger partial charge is 0.416 e. The maximum absolute atomic E-state index is 12.0. The van der Waals surface area contributed by atoms with Crippen LogP contribution in [-0.4, -0.2) is 4.92 Å². The van der Waals surface area contributed by atoms with E-state index in [1.165, 1.54) is 0 Å². The minimum absolute atomic E-state index is 0.500. The van der Waals surface area contributed by atoms with Crippen LogP contribution in [-0.2, 0) is 6.18 Å². The van der Waals surface area contributed by atoms with Gasteiger partial charge in [0.05, 0.1) is 10.5 Å². The summed E-state index contributed by atoms with van der Waals surface area (Å²) in [6, 6.07) is 3.29. The average Bonchev–Trinajstić information content (AvgIpc) is 2.20. The Morgan fingerprint density at radius 3 is 2.20 bits per heavy atom. The first-order valence-electron chi connectivity index (χ1n) is 3.73. The molecule has 0 unspecified atom stereocenters. The van der Waals surface area contributed by atoms with Crippen molar-refractivity contribution in [2.45, 2.75) is 6.18 Å². The average molecular weight is 219 g/mol. The summed E-state index contributed by atoms with van der Waals surface area (Å²) in [5, 5.41) is 10.1. The van der Waals surface area contributed by atoms with Gasteiger partial charge in [0.1, 0.15) is 0 Å². The SMILES string of the molecule is C=C.O=[N+]([O-])c1cccc(C(F)(F)F)c1. The molecule has 82 valence electrons. The number of alkyl halides is 3. The molecule has 1 aromatic carbocycles. The molecule has 1 rings (SSSR count). The van der Waals surface area contributed by atoms with Crippen molar-refractivity contribution in [2.24, 2.45) is 0 Å². The topological polar surface area (TPSA) is 43.1 Å². The molecule has 3 nitrogen and oxygen atoms in total. The number of benzene rings is 1. The van der Waals surface area contributed by atoms with Crippen molar-refractivity contribution in [3.8, 4) is 0 Å². The fourth-order valence-electron chi connectivity index (χ4n) is 0.796. The van der Waals surface area contributed by atoms with Gasteiger partial charge in [-0.25, -0.2) is 0 Å². The lowest BCUT2D eigenvalue weighted by molar-refractivity contribution is -0.385. The van der Waals surface area contributed by atoms with Gasteiger partial charge >= 0.3 is 6.18 Å². The third-order valence-corrected chi connectivity index (χ3v) is 1.38. The van der Waals surface area contributed by atoms with E-state index < -0.39 is 22.4 Å². The summed E-state index contributed by atoms with van der Waals surface area (Å²) in [5.74, 6) is 0. The van der Waals surface area contributed by atoms with Crippen molar-refractivity contribution in [1.29, 1.82) is 0 Å². The molecule has 0 saturated heterocycles. The van der Waals surface area contributed by atoms with Gasteiger partial charge < -0.3 is 0 Å². The van der Waals surface area contributed by atoms with E-state index in [1.807, 2.05) is 0 Å². The Kier molecular flexibility index (Phi) is 4.50. The monoisotopic (exact) mass is 219 g/mol. The molecule has 0 amide bonds. The summed E-state index contributed by atoms with van der Waals surface area (Å²) in [6.45, 7) is 6.00. The number of nitrogens with zero attached hydrogens (tertiary/aromatic N) is 1. The van der Waals surface area contributed by atoms with Gasteiger partial charge in [-0.3, -0.25) is 10.1 Å². The molecule has 0 atom stereocenters.